The van der Waals surface area contributed by atoms with Crippen molar-refractivity contribution in [1.82, 2.24) is 58.7 Å². The van der Waals surface area contributed by atoms with Crippen LogP contribution in [0.5, 0.6) is 0 Å². The van der Waals surface area contributed by atoms with Crippen LogP contribution in [0.15, 0.2) is 146 Å². The van der Waals surface area contributed by atoms with E-state index in [0.29, 0.717) is 11.6 Å². The predicted octanol–water partition coefficient (Wildman–Crippen LogP) is 21.0. The molecule has 14 heteroatoms. The summed E-state index contributed by atoms with van der Waals surface area (Å²) >= 11 is 0. The number of nitrogens with two attached hydrogens (primary N) is 2. The number of hydrogen-bond donors (Lipinski definition) is 3. The van der Waals surface area contributed by atoms with Gasteiger partial charge in [0.05, 0.1) is 38.8 Å². The van der Waals surface area contributed by atoms with Gasteiger partial charge in [0.15, 0.2) is 11.6 Å². The van der Waals surface area contributed by atoms with Gasteiger partial charge in [0.25, 0.3) is 0 Å². The third kappa shape index (κ3) is 19.7. The van der Waals surface area contributed by atoms with E-state index in [1.54, 1.807) is 0 Å². The normalized spacial score (nSPS) is 14.3. The van der Waals surface area contributed by atoms with Crippen LogP contribution in [0.25, 0.3) is 65.8 Å². The van der Waals surface area contributed by atoms with Gasteiger partial charge in [-0.05, 0) is 194 Å². The van der Waals surface area contributed by atoms with Crippen LogP contribution >= 0.6 is 0 Å². The summed E-state index contributed by atoms with van der Waals surface area (Å²) in [5.41, 5.74) is 31.5. The number of unbranched alkanes of at least 4 members (excludes halogenated alkanes) is 3. The summed E-state index contributed by atoms with van der Waals surface area (Å²) in [5, 5.41) is 7.04. The highest BCUT2D eigenvalue weighted by Gasteiger charge is 2.31. The molecule has 3 aliphatic rings. The van der Waals surface area contributed by atoms with Crippen molar-refractivity contribution in [2.45, 2.75) is 249 Å². The molecule has 6 aromatic heterocycles. The van der Waals surface area contributed by atoms with E-state index in [9.17, 15) is 0 Å². The molecule has 0 bridgehead atoms. The zero-order valence-corrected chi connectivity index (χ0v) is 66.8. The highest BCUT2D eigenvalue weighted by atomic mass is 15.2. The fraction of sp³-hybridized carbons (Fsp3) is 0.484. The lowest BCUT2D eigenvalue weighted by Crippen LogP contribution is -2.42. The lowest BCUT2D eigenvalue weighted by Gasteiger charge is -2.36. The summed E-state index contributed by atoms with van der Waals surface area (Å²) < 4.78 is 7.22. The van der Waals surface area contributed by atoms with Gasteiger partial charge in [-0.1, -0.05) is 201 Å². The Morgan fingerprint density at radius 1 is 0.411 bits per heavy atom. The Hall–Kier alpha value is -8.56. The molecule has 0 unspecified atom stereocenters. The molecule has 0 spiro atoms. The van der Waals surface area contributed by atoms with E-state index in [0.717, 1.165) is 194 Å². The van der Waals surface area contributed by atoms with Crippen LogP contribution < -0.4 is 16.8 Å². The number of pyridine rings is 3. The number of aryl methyl sites for hydroxylation is 3. The number of benzene rings is 6. The van der Waals surface area contributed by atoms with Crippen LogP contribution in [0.2, 0.25) is 0 Å². The number of hydrogen-bond acceptors (Lipinski definition) is 11. The van der Waals surface area contributed by atoms with Crippen molar-refractivity contribution in [3.63, 3.8) is 0 Å². The molecular formula is C93H122N14. The summed E-state index contributed by atoms with van der Waals surface area (Å²) in [6, 6.07) is 52.6. The number of fused-ring (bicyclic) bond motifs is 9. The number of aromatic nitrogens is 9. The Labute approximate surface area is 638 Å². The Bertz CT molecular complexity index is 4930. The second kappa shape index (κ2) is 33.9. The van der Waals surface area contributed by atoms with Crippen LogP contribution in [0.4, 0.5) is 11.6 Å². The Balaban J connectivity index is 0.000000142. The van der Waals surface area contributed by atoms with E-state index in [2.05, 4.69) is 243 Å². The maximum absolute atomic E-state index is 6.39. The lowest BCUT2D eigenvalue weighted by molar-refractivity contribution is 0.121. The molecule has 107 heavy (non-hydrogen) atoms. The van der Waals surface area contributed by atoms with Gasteiger partial charge < -0.3 is 30.5 Å². The number of anilines is 2. The number of nitrogens with zero attached hydrogens (tertiary/aromatic N) is 11. The van der Waals surface area contributed by atoms with Gasteiger partial charge in [0, 0.05) is 92.3 Å². The molecule has 564 valence electrons. The van der Waals surface area contributed by atoms with E-state index in [-0.39, 0.29) is 16.5 Å². The first-order chi connectivity index (χ1) is 51.6. The van der Waals surface area contributed by atoms with Gasteiger partial charge in [-0.15, -0.1) is 0 Å². The van der Waals surface area contributed by atoms with Gasteiger partial charge in [-0.2, -0.15) is 0 Å². The maximum atomic E-state index is 6.39. The largest absolute Gasteiger partial charge is 0.382 e. The van der Waals surface area contributed by atoms with Crippen LogP contribution in [0, 0.1) is 23.2 Å². The zero-order chi connectivity index (χ0) is 75.0. The van der Waals surface area contributed by atoms with Crippen LogP contribution in [0.3, 0.4) is 0 Å². The number of nitrogen functional groups attached to an aromatic ring is 2. The van der Waals surface area contributed by atoms with E-state index in [1.807, 2.05) is 24.3 Å². The minimum absolute atomic E-state index is 0.152. The highest BCUT2D eigenvalue weighted by molar-refractivity contribution is 6.08. The molecule has 14 nitrogen and oxygen atoms in total. The lowest BCUT2D eigenvalue weighted by atomic mass is 9.89. The molecule has 15 rings (SSSR count). The van der Waals surface area contributed by atoms with Crippen molar-refractivity contribution in [3.05, 3.63) is 202 Å². The molecule has 6 heterocycles. The van der Waals surface area contributed by atoms with Gasteiger partial charge in [-0.25, -0.2) is 24.9 Å². The first-order valence-electron chi connectivity index (χ1n) is 40.9. The summed E-state index contributed by atoms with van der Waals surface area (Å²) in [6.45, 7) is 36.5. The molecule has 3 aliphatic carbocycles. The zero-order valence-electron chi connectivity index (χ0n) is 66.8. The van der Waals surface area contributed by atoms with Crippen molar-refractivity contribution < 1.29 is 0 Å². The number of imidazole rings is 3. The molecule has 3 fully saturated rings. The molecule has 0 atom stereocenters. The topological polar surface area (TPSA) is 163 Å². The fourth-order valence-corrected chi connectivity index (χ4v) is 15.3. The molecule has 0 saturated heterocycles. The standard InChI is InChI=1S/C32H43N5.C31H40N4.C30H39N5/c1-5-6-13-28-35-29-30(26-11-7-8-12-27(26)34-31(29)33)37(28)22-25-18-16-24(17-19-25)21-36(32(2,3)4)20-9-10-23-14-15-23;1-5-6-11-28-34-29-27(18-31(2,3)4)33-26-10-8-7-9-25(26)30(29)35(28)21-24-16-14-23(15-17-24)20-32-19-22-12-13-22;1-5-6-11-26-33-27-28(24-9-7-8-10-25(24)32-29(27)31)35(26)20-23-16-14-22(15-17-23)19-34(30(2,3)4)18-21-12-13-21/h7-8,11-12,16-19,23H,5-6,9-10,13-15,20-22H2,1-4H3,(H2,33,34);7-10,14-17,22,32H,5-6,11-13,18-21H2,1-4H3;7-10,14-17,21H,5-6,11-13,18-20H2,1-4H3,(H2,31,32). The van der Waals surface area contributed by atoms with Gasteiger partial charge in [0.1, 0.15) is 34.0 Å². The second-order valence-electron chi connectivity index (χ2n) is 34.8. The Morgan fingerprint density at radius 2 is 0.785 bits per heavy atom. The van der Waals surface area contributed by atoms with Gasteiger partial charge >= 0.3 is 0 Å². The molecule has 0 aliphatic heterocycles. The molecule has 0 amide bonds. The Morgan fingerprint density at radius 3 is 1.19 bits per heavy atom. The average molecular weight is 1440 g/mol. The molecule has 0 radical (unpaired) electrons. The molecule has 5 N–H and O–H groups in total. The van der Waals surface area contributed by atoms with Crippen molar-refractivity contribution in [3.8, 4) is 0 Å². The van der Waals surface area contributed by atoms with Crippen molar-refractivity contribution in [1.29, 1.82) is 0 Å². The molecule has 3 saturated carbocycles. The van der Waals surface area contributed by atoms with Crippen molar-refractivity contribution in [2.24, 2.45) is 23.2 Å². The van der Waals surface area contributed by atoms with Gasteiger partial charge in [-0.3, -0.25) is 14.8 Å². The smallest absolute Gasteiger partial charge is 0.152 e. The predicted molar refractivity (Wildman–Crippen MR) is 449 cm³/mol. The number of nitrogens with one attached hydrogen (secondary N) is 1. The number of para-hydroxylation sites is 3. The first-order valence-corrected chi connectivity index (χ1v) is 40.9. The molecule has 6 aromatic carbocycles. The summed E-state index contributed by atoms with van der Waals surface area (Å²) in [6.07, 6.45) is 21.8. The summed E-state index contributed by atoms with van der Waals surface area (Å²) in [7, 11) is 0. The highest BCUT2D eigenvalue weighted by Crippen LogP contribution is 2.38. The molecule has 12 aromatic rings. The fourth-order valence-electron chi connectivity index (χ4n) is 15.3. The van der Waals surface area contributed by atoms with E-state index in [1.165, 1.54) is 121 Å². The average Bonchev–Trinajstić information content (AvgIpc) is 1.70. The Kier molecular flexibility index (Phi) is 24.3. The maximum Gasteiger partial charge on any atom is 0.152 e. The third-order valence-electron chi connectivity index (χ3n) is 22.2. The van der Waals surface area contributed by atoms with Crippen molar-refractivity contribution >= 4 is 77.4 Å². The second-order valence-corrected chi connectivity index (χ2v) is 34.8. The van der Waals surface area contributed by atoms with E-state index < -0.39 is 0 Å². The SMILES string of the molecule is CCCCc1nc2c(CC(C)(C)C)nc3ccccc3c2n1Cc1ccc(CNCC2CC2)cc1.CCCCc1nc2c(N)nc3ccccc3c2n1Cc1ccc(CN(CC2CC2)C(C)(C)C)cc1.CCCCc1nc2c(N)nc3ccccc3c2n1Cc1ccc(CN(CCCC2CC2)C(C)(C)C)cc1. The van der Waals surface area contributed by atoms with Crippen LogP contribution in [-0.4, -0.2) is 84.1 Å². The summed E-state index contributed by atoms with van der Waals surface area (Å²) in [4.78, 5) is 34.9. The van der Waals surface area contributed by atoms with E-state index in [4.69, 9.17) is 31.4 Å². The van der Waals surface area contributed by atoms with E-state index >= 15 is 0 Å². The minimum atomic E-state index is 0.152. The quantitative estimate of drug-likeness (QED) is 0.0393. The van der Waals surface area contributed by atoms with Gasteiger partial charge in [0.2, 0.25) is 0 Å². The first kappa shape index (κ1) is 76.6. The van der Waals surface area contributed by atoms with Crippen LogP contribution in [-0.2, 0) is 65.0 Å². The minimum Gasteiger partial charge on any atom is -0.382 e. The molecular weight excluding hydrogens is 1310 g/mol. The van der Waals surface area contributed by atoms with Crippen molar-refractivity contribution in [2.75, 3.05) is 31.1 Å². The third-order valence-corrected chi connectivity index (χ3v) is 22.2. The summed E-state index contributed by atoms with van der Waals surface area (Å²) in [5.74, 6) is 7.22. The monoisotopic (exact) mass is 1430 g/mol. The number of rotatable bonds is 30. The van der Waals surface area contributed by atoms with Crippen LogP contribution in [0.1, 0.15) is 230 Å².